The summed E-state index contributed by atoms with van der Waals surface area (Å²) >= 11 is 2.78. The van der Waals surface area contributed by atoms with Gasteiger partial charge in [-0.15, -0.1) is 11.3 Å². The molecule has 7 nitrogen and oxygen atoms in total. The summed E-state index contributed by atoms with van der Waals surface area (Å²) in [5, 5.41) is 1.91. The van der Waals surface area contributed by atoms with Crippen LogP contribution in [-0.4, -0.2) is 25.6 Å². The molecule has 0 fully saturated rings. The number of carbonyl (C=O) groups is 1. The smallest absolute Gasteiger partial charge is 0.302 e. The van der Waals surface area contributed by atoms with Gasteiger partial charge in [-0.3, -0.25) is 9.52 Å². The molecule has 0 saturated carbocycles. The van der Waals surface area contributed by atoms with Crippen molar-refractivity contribution in [2.24, 2.45) is 0 Å². The van der Waals surface area contributed by atoms with Gasteiger partial charge in [0.25, 0.3) is 0 Å². The molecule has 0 spiro atoms. The lowest BCUT2D eigenvalue weighted by molar-refractivity contribution is -0.142. The Hall–Kier alpha value is -1.78. The van der Waals surface area contributed by atoms with Gasteiger partial charge in [0.15, 0.2) is 4.34 Å². The molecule has 24 heavy (non-hydrogen) atoms. The minimum Gasteiger partial charge on any atom is -0.461 e. The molecule has 0 bridgehead atoms. The number of esters is 1. The van der Waals surface area contributed by atoms with Gasteiger partial charge in [0.1, 0.15) is 6.61 Å². The van der Waals surface area contributed by atoms with E-state index in [2.05, 4.69) is 9.71 Å². The second-order valence-electron chi connectivity index (χ2n) is 5.06. The quantitative estimate of drug-likeness (QED) is 0.579. The lowest BCUT2D eigenvalue weighted by Gasteiger charge is -2.14. The fraction of sp³-hybridized carbons (Fsp3) is 0.286. The van der Waals surface area contributed by atoms with Gasteiger partial charge in [-0.25, -0.2) is 13.4 Å². The molecule has 0 aliphatic heterocycles. The van der Waals surface area contributed by atoms with E-state index in [0.717, 1.165) is 16.3 Å². The van der Waals surface area contributed by atoms with Crippen molar-refractivity contribution in [2.45, 2.75) is 29.7 Å². The monoisotopic (exact) mass is 387 g/mol. The first kappa shape index (κ1) is 18.6. The number of thiazole rings is 1. The molecule has 0 amide bonds. The average molecular weight is 388 g/mol. The maximum atomic E-state index is 11.6. The number of hydrogen-bond donors (Lipinski definition) is 2. The molecular formula is C14H17N3O4S3. The van der Waals surface area contributed by atoms with Crippen LogP contribution in [0.2, 0.25) is 0 Å². The van der Waals surface area contributed by atoms with E-state index in [1.807, 2.05) is 12.3 Å². The first-order chi connectivity index (χ1) is 11.1. The van der Waals surface area contributed by atoms with Crippen molar-refractivity contribution < 1.29 is 17.9 Å². The summed E-state index contributed by atoms with van der Waals surface area (Å²) in [5.41, 5.74) is 8.19. The van der Waals surface area contributed by atoms with E-state index in [9.17, 15) is 13.2 Å². The minimum atomic E-state index is -3.48. The summed E-state index contributed by atoms with van der Waals surface area (Å²) in [6.07, 6.45) is 1.07. The van der Waals surface area contributed by atoms with E-state index >= 15 is 0 Å². The lowest BCUT2D eigenvalue weighted by atomic mass is 10.1. The van der Waals surface area contributed by atoms with Crippen LogP contribution in [0.3, 0.4) is 0 Å². The molecule has 130 valence electrons. The number of anilines is 2. The molecule has 10 heteroatoms. The molecule has 0 unspecified atom stereocenters. The minimum absolute atomic E-state index is 0.0269. The number of nitrogens with one attached hydrogen (secondary N) is 1. The maximum absolute atomic E-state index is 11.6. The highest BCUT2D eigenvalue weighted by Crippen LogP contribution is 2.38. The number of ether oxygens (including phenoxy) is 1. The van der Waals surface area contributed by atoms with E-state index in [1.54, 1.807) is 12.1 Å². The second kappa shape index (κ2) is 7.41. The SMILES string of the molecule is CC(=O)OCc1cc(NS(C)(=O)=O)c(Sc2nc(C)cs2)cc1N. The highest BCUT2D eigenvalue weighted by Gasteiger charge is 2.15. The zero-order chi connectivity index (χ0) is 17.9. The van der Waals surface area contributed by atoms with Gasteiger partial charge < -0.3 is 10.5 Å². The Balaban J connectivity index is 2.39. The van der Waals surface area contributed by atoms with Crippen molar-refractivity contribution in [3.05, 3.63) is 28.8 Å². The van der Waals surface area contributed by atoms with Gasteiger partial charge in [0, 0.05) is 34.1 Å². The Morgan fingerprint density at radius 3 is 2.71 bits per heavy atom. The van der Waals surface area contributed by atoms with Crippen molar-refractivity contribution in [3.63, 3.8) is 0 Å². The van der Waals surface area contributed by atoms with Crippen molar-refractivity contribution >= 4 is 50.5 Å². The van der Waals surface area contributed by atoms with Gasteiger partial charge in [0.2, 0.25) is 10.0 Å². The van der Waals surface area contributed by atoms with Gasteiger partial charge in [0.05, 0.1) is 11.9 Å². The van der Waals surface area contributed by atoms with E-state index < -0.39 is 16.0 Å². The zero-order valence-corrected chi connectivity index (χ0v) is 15.8. The summed E-state index contributed by atoms with van der Waals surface area (Å²) in [7, 11) is -3.48. The molecule has 2 aromatic rings. The number of carbonyl (C=O) groups excluding carboxylic acids is 1. The highest BCUT2D eigenvalue weighted by molar-refractivity contribution is 8.01. The number of rotatable bonds is 6. The van der Waals surface area contributed by atoms with Crippen LogP contribution in [0.15, 0.2) is 26.7 Å². The van der Waals surface area contributed by atoms with Crippen molar-refractivity contribution in [1.82, 2.24) is 4.98 Å². The van der Waals surface area contributed by atoms with Crippen molar-refractivity contribution in [1.29, 1.82) is 0 Å². The van der Waals surface area contributed by atoms with Gasteiger partial charge in [-0.1, -0.05) is 11.8 Å². The van der Waals surface area contributed by atoms with Crippen LogP contribution >= 0.6 is 23.1 Å². The normalized spacial score (nSPS) is 11.3. The predicted octanol–water partition coefficient (Wildman–Crippen LogP) is 2.62. The molecule has 0 aliphatic carbocycles. The molecule has 0 saturated heterocycles. The largest absolute Gasteiger partial charge is 0.461 e. The summed E-state index contributed by atoms with van der Waals surface area (Å²) in [6, 6.07) is 3.22. The number of nitrogen functional groups attached to an aromatic ring is 1. The van der Waals surface area contributed by atoms with Gasteiger partial charge >= 0.3 is 5.97 Å². The average Bonchev–Trinajstić information content (AvgIpc) is 2.84. The number of nitrogens with zero attached hydrogens (tertiary/aromatic N) is 1. The fourth-order valence-corrected chi connectivity index (χ4v) is 4.33. The summed E-state index contributed by atoms with van der Waals surface area (Å²) in [4.78, 5) is 15.9. The van der Waals surface area contributed by atoms with Crippen LogP contribution in [0, 0.1) is 6.92 Å². The van der Waals surface area contributed by atoms with Crippen molar-refractivity contribution in [3.8, 4) is 0 Å². The third-order valence-electron chi connectivity index (χ3n) is 2.76. The van der Waals surface area contributed by atoms with Crippen LogP contribution in [-0.2, 0) is 26.2 Å². The Labute approximate surface area is 148 Å². The third-order valence-corrected chi connectivity index (χ3v) is 5.47. The van der Waals surface area contributed by atoms with Gasteiger partial charge in [-0.05, 0) is 19.1 Å². The number of hydrogen-bond acceptors (Lipinski definition) is 8. The Morgan fingerprint density at radius 2 is 2.17 bits per heavy atom. The lowest BCUT2D eigenvalue weighted by Crippen LogP contribution is -2.12. The maximum Gasteiger partial charge on any atom is 0.302 e. The molecular weight excluding hydrogens is 370 g/mol. The highest BCUT2D eigenvalue weighted by atomic mass is 32.2. The van der Waals surface area contributed by atoms with Crippen LogP contribution in [0.5, 0.6) is 0 Å². The number of sulfonamides is 1. The molecule has 3 N–H and O–H groups in total. The summed E-state index contributed by atoms with van der Waals surface area (Å²) in [5.74, 6) is -0.441. The zero-order valence-electron chi connectivity index (χ0n) is 13.3. The van der Waals surface area contributed by atoms with E-state index in [0.29, 0.717) is 21.8 Å². The number of benzene rings is 1. The summed E-state index contributed by atoms with van der Waals surface area (Å²) < 4.78 is 31.4. The standard InChI is InChI=1S/C14H17N3O4S3/c1-8-7-22-14(16-8)23-13-5-11(15)10(6-21-9(2)18)4-12(13)17-24(3,19)20/h4-5,7,17H,6,15H2,1-3H3. The molecule has 0 radical (unpaired) electrons. The van der Waals surface area contributed by atoms with Crippen LogP contribution in [0.25, 0.3) is 0 Å². The fourth-order valence-electron chi connectivity index (χ4n) is 1.78. The molecule has 1 aromatic carbocycles. The van der Waals surface area contributed by atoms with Crippen LogP contribution in [0.1, 0.15) is 18.2 Å². The van der Waals surface area contributed by atoms with Gasteiger partial charge in [-0.2, -0.15) is 0 Å². The van der Waals surface area contributed by atoms with E-state index in [4.69, 9.17) is 10.5 Å². The Bertz CT molecular complexity index is 862. The van der Waals surface area contributed by atoms with Crippen molar-refractivity contribution in [2.75, 3.05) is 16.7 Å². The molecule has 2 rings (SSSR count). The Morgan fingerprint density at radius 1 is 1.46 bits per heavy atom. The Kier molecular flexibility index (Phi) is 5.73. The number of aryl methyl sites for hydroxylation is 1. The van der Waals surface area contributed by atoms with Crippen LogP contribution < -0.4 is 10.5 Å². The van der Waals surface area contributed by atoms with E-state index in [-0.39, 0.29) is 6.61 Å². The predicted molar refractivity (Wildman–Crippen MR) is 95.8 cm³/mol. The number of nitrogens with two attached hydrogens (primary N) is 1. The molecule has 1 aromatic heterocycles. The molecule has 0 aliphatic rings. The first-order valence-electron chi connectivity index (χ1n) is 6.77. The summed E-state index contributed by atoms with van der Waals surface area (Å²) in [6.45, 7) is 3.15. The number of aromatic nitrogens is 1. The molecule has 1 heterocycles. The second-order valence-corrected chi connectivity index (χ2v) is 8.95. The topological polar surface area (TPSA) is 111 Å². The van der Waals surface area contributed by atoms with E-state index in [1.165, 1.54) is 30.0 Å². The third kappa shape index (κ3) is 5.39. The first-order valence-corrected chi connectivity index (χ1v) is 10.4. The molecule has 0 atom stereocenters. The van der Waals surface area contributed by atoms with Crippen LogP contribution in [0.4, 0.5) is 11.4 Å².